The van der Waals surface area contributed by atoms with E-state index in [2.05, 4.69) is 9.37 Å². The average Bonchev–Trinajstić information content (AvgIpc) is 1.59. The van der Waals surface area contributed by atoms with E-state index in [4.69, 9.17) is 5.26 Å². The summed E-state index contributed by atoms with van der Waals surface area (Å²) >= 11 is -0.939. The molecule has 0 saturated carbocycles. The summed E-state index contributed by atoms with van der Waals surface area (Å²) in [6.07, 6.45) is 0. The molecule has 0 unspecified atom stereocenters. The first-order chi connectivity index (χ1) is 3.56. The fourth-order valence-corrected chi connectivity index (χ4v) is 0.161. The zero-order chi connectivity index (χ0) is 6.62. The Morgan fingerprint density at radius 3 is 2.00 bits per heavy atom. The predicted octanol–water partition coefficient (Wildman–Crippen LogP) is 1.58. The Balaban J connectivity index is 3.11. The molecule has 0 rings (SSSR count). The van der Waals surface area contributed by atoms with Crippen LogP contribution >= 0.6 is 12.0 Å². The summed E-state index contributed by atoms with van der Waals surface area (Å²) in [6, 6.07) is 0. The molecule has 0 bridgehead atoms. The van der Waals surface area contributed by atoms with E-state index in [1.54, 1.807) is 0 Å². The third-order valence-corrected chi connectivity index (χ3v) is 0.477. The zero-order valence-corrected chi connectivity index (χ0v) is 4.12. The average molecular weight is 150 g/mol. The first-order valence-corrected chi connectivity index (χ1v) is 2.03. The van der Waals surface area contributed by atoms with E-state index in [0.717, 1.165) is 0 Å². The Hall–Kier alpha value is 0.0200. The Kier molecular flexibility index (Phi) is 3.13. The van der Waals surface area contributed by atoms with E-state index in [9.17, 15) is 13.2 Å². The van der Waals surface area contributed by atoms with Gasteiger partial charge in [0.2, 0.25) is 0 Å². The number of hydrogen-bond acceptors (Lipinski definition) is 4. The first-order valence-electron chi connectivity index (χ1n) is 1.29. The van der Waals surface area contributed by atoms with E-state index >= 15 is 0 Å². The number of hydrogen-bond donors (Lipinski definition) is 1. The molecule has 0 aliphatic carbocycles. The van der Waals surface area contributed by atoms with Gasteiger partial charge in [0.25, 0.3) is 0 Å². The molecular weight excluding hydrogens is 149 g/mol. The highest BCUT2D eigenvalue weighted by atomic mass is 32.2. The summed E-state index contributed by atoms with van der Waals surface area (Å²) in [5.74, 6) is 0. The van der Waals surface area contributed by atoms with E-state index in [1.165, 1.54) is 0 Å². The minimum atomic E-state index is -4.54. The highest BCUT2D eigenvalue weighted by Gasteiger charge is 2.30. The van der Waals surface area contributed by atoms with Crippen LogP contribution in [0.4, 0.5) is 13.2 Å². The largest absolute Gasteiger partial charge is 0.471 e. The second-order valence-corrected chi connectivity index (χ2v) is 1.44. The van der Waals surface area contributed by atoms with Crippen LogP contribution < -0.4 is 0 Å². The van der Waals surface area contributed by atoms with Crippen LogP contribution in [0.2, 0.25) is 0 Å². The van der Waals surface area contributed by atoms with Crippen molar-refractivity contribution in [2.24, 2.45) is 0 Å². The van der Waals surface area contributed by atoms with Gasteiger partial charge in [-0.25, -0.2) is 5.26 Å². The lowest BCUT2D eigenvalue weighted by Crippen LogP contribution is -2.00. The Morgan fingerprint density at radius 1 is 1.38 bits per heavy atom. The summed E-state index contributed by atoms with van der Waals surface area (Å²) in [5, 5.41) is 9.85. The van der Waals surface area contributed by atoms with Crippen molar-refractivity contribution in [1.82, 2.24) is 0 Å². The lowest BCUT2D eigenvalue weighted by Gasteiger charge is -1.98. The molecule has 0 aromatic rings. The summed E-state index contributed by atoms with van der Waals surface area (Å²) in [4.78, 5) is 0. The van der Waals surface area contributed by atoms with Crippen LogP contribution in [-0.2, 0) is 9.37 Å². The molecule has 0 heterocycles. The van der Waals surface area contributed by atoms with Gasteiger partial charge in [0.15, 0.2) is 0 Å². The van der Waals surface area contributed by atoms with Gasteiger partial charge in [-0.1, -0.05) is 5.04 Å². The molecule has 1 N–H and O–H groups in total. The predicted molar refractivity (Wildman–Crippen MR) is 18.4 cm³/mol. The molecule has 0 atom stereocenters. The van der Waals surface area contributed by atoms with Gasteiger partial charge in [-0.15, -0.1) is 4.33 Å². The van der Waals surface area contributed by atoms with Crippen LogP contribution in [0.5, 0.6) is 0 Å². The lowest BCUT2D eigenvalue weighted by molar-refractivity contribution is -0.434. The Morgan fingerprint density at radius 2 is 1.88 bits per heavy atom. The maximum absolute atomic E-state index is 10.9. The molecule has 0 saturated heterocycles. The quantitative estimate of drug-likeness (QED) is 0.368. The van der Waals surface area contributed by atoms with E-state index in [-0.39, 0.29) is 0 Å². The zero-order valence-electron chi connectivity index (χ0n) is 3.31. The van der Waals surface area contributed by atoms with Crippen molar-refractivity contribution in [3.63, 3.8) is 0 Å². The van der Waals surface area contributed by atoms with Crippen LogP contribution in [0.1, 0.15) is 0 Å². The molecule has 0 spiro atoms. The van der Waals surface area contributed by atoms with Crippen molar-refractivity contribution in [2.45, 2.75) is 5.51 Å². The SMILES string of the molecule is OOOSC(F)(F)F. The van der Waals surface area contributed by atoms with Crippen LogP contribution in [0.15, 0.2) is 0 Å². The molecule has 0 amide bonds. The second kappa shape index (κ2) is 3.13. The van der Waals surface area contributed by atoms with Crippen molar-refractivity contribution < 1.29 is 27.8 Å². The van der Waals surface area contributed by atoms with Crippen molar-refractivity contribution in [3.8, 4) is 0 Å². The minimum Gasteiger partial charge on any atom is -0.220 e. The topological polar surface area (TPSA) is 38.7 Å². The molecule has 8 heavy (non-hydrogen) atoms. The van der Waals surface area contributed by atoms with E-state index in [1.807, 2.05) is 0 Å². The standard InChI is InChI=1S/CHF3O3S/c2-1(3,4)8-7-6-5/h5H. The summed E-state index contributed by atoms with van der Waals surface area (Å²) < 4.78 is 35.7. The third-order valence-electron chi connectivity index (χ3n) is 0.159. The smallest absolute Gasteiger partial charge is 0.220 e. The molecule has 0 fully saturated rings. The highest BCUT2D eigenvalue weighted by molar-refractivity contribution is 7.95. The second-order valence-electron chi connectivity index (χ2n) is 0.672. The normalized spacial score (nSPS) is 12.0. The molecule has 0 aliphatic heterocycles. The summed E-state index contributed by atoms with van der Waals surface area (Å²) in [6.45, 7) is 0. The maximum atomic E-state index is 10.9. The monoisotopic (exact) mass is 150 g/mol. The van der Waals surface area contributed by atoms with Crippen molar-refractivity contribution in [2.75, 3.05) is 0 Å². The van der Waals surface area contributed by atoms with Crippen molar-refractivity contribution in [3.05, 3.63) is 0 Å². The minimum absolute atomic E-state index is 0.939. The van der Waals surface area contributed by atoms with Crippen LogP contribution in [0.3, 0.4) is 0 Å². The lowest BCUT2D eigenvalue weighted by atomic mass is 11.6. The number of halogens is 3. The molecule has 0 radical (unpaired) electrons. The van der Waals surface area contributed by atoms with Crippen molar-refractivity contribution >= 4 is 12.0 Å². The molecule has 50 valence electrons. The van der Waals surface area contributed by atoms with Crippen LogP contribution in [-0.4, -0.2) is 10.8 Å². The van der Waals surface area contributed by atoms with Gasteiger partial charge in [0.1, 0.15) is 12.0 Å². The van der Waals surface area contributed by atoms with Gasteiger partial charge in [-0.2, -0.15) is 13.2 Å². The van der Waals surface area contributed by atoms with Gasteiger partial charge in [0, 0.05) is 0 Å². The molecule has 0 aliphatic rings. The molecule has 0 aromatic heterocycles. The summed E-state index contributed by atoms with van der Waals surface area (Å²) in [7, 11) is 0. The third kappa shape index (κ3) is 6.02. The summed E-state index contributed by atoms with van der Waals surface area (Å²) in [5.41, 5.74) is -4.54. The highest BCUT2D eigenvalue weighted by Crippen LogP contribution is 2.30. The maximum Gasteiger partial charge on any atom is 0.471 e. The number of alkyl halides is 3. The molecule has 3 nitrogen and oxygen atoms in total. The molecule has 0 aromatic carbocycles. The van der Waals surface area contributed by atoms with Gasteiger partial charge < -0.3 is 0 Å². The van der Waals surface area contributed by atoms with Gasteiger partial charge in [0.05, 0.1) is 0 Å². The van der Waals surface area contributed by atoms with E-state index in [0.29, 0.717) is 0 Å². The Labute approximate surface area is 46.4 Å². The van der Waals surface area contributed by atoms with Crippen LogP contribution in [0, 0.1) is 0 Å². The fourth-order valence-electron chi connectivity index (χ4n) is 0.0538. The molecule has 7 heteroatoms. The number of rotatable bonds is 2. The van der Waals surface area contributed by atoms with Gasteiger partial charge in [-0.05, 0) is 0 Å². The fraction of sp³-hybridized carbons (Fsp3) is 1.00. The van der Waals surface area contributed by atoms with Gasteiger partial charge >= 0.3 is 5.51 Å². The van der Waals surface area contributed by atoms with E-state index < -0.39 is 17.6 Å². The Bertz CT molecular complexity index is 62.0. The van der Waals surface area contributed by atoms with Gasteiger partial charge in [-0.3, -0.25) is 0 Å². The van der Waals surface area contributed by atoms with Crippen LogP contribution in [0.25, 0.3) is 0 Å². The first kappa shape index (κ1) is 8.02. The van der Waals surface area contributed by atoms with Crippen molar-refractivity contribution in [1.29, 1.82) is 0 Å². The molecular formula is CHF3O3S.